The Balaban J connectivity index is 2.30. The highest BCUT2D eigenvalue weighted by atomic mass is 16.5. The van der Waals surface area contributed by atoms with Gasteiger partial charge in [0.25, 0.3) is 0 Å². The van der Waals surface area contributed by atoms with E-state index in [2.05, 4.69) is 16.9 Å². The van der Waals surface area contributed by atoms with E-state index in [1.807, 2.05) is 13.1 Å². The third kappa shape index (κ3) is 2.40. The molecule has 0 saturated heterocycles. The van der Waals surface area contributed by atoms with Crippen LogP contribution in [0.15, 0.2) is 6.20 Å². The lowest BCUT2D eigenvalue weighted by Crippen LogP contribution is -2.35. The van der Waals surface area contributed by atoms with E-state index >= 15 is 0 Å². The number of aromatic nitrogens is 2. The van der Waals surface area contributed by atoms with Gasteiger partial charge in [-0.1, -0.05) is 6.92 Å². The summed E-state index contributed by atoms with van der Waals surface area (Å²) in [5.74, 6) is 1.60. The zero-order chi connectivity index (χ0) is 13.2. The molecule has 1 aliphatic carbocycles. The summed E-state index contributed by atoms with van der Waals surface area (Å²) in [6.07, 6.45) is 6.21. The molecule has 1 aromatic heterocycles. The van der Waals surface area contributed by atoms with Crippen LogP contribution in [0.25, 0.3) is 0 Å². The molecular weight excluding hydrogens is 226 g/mol. The Bertz CT molecular complexity index is 412. The molecule has 1 saturated carbocycles. The average molecular weight is 249 g/mol. The van der Waals surface area contributed by atoms with Crippen molar-refractivity contribution in [1.29, 1.82) is 0 Å². The highest BCUT2D eigenvalue weighted by Gasteiger charge is 2.38. The van der Waals surface area contributed by atoms with Gasteiger partial charge in [0.2, 0.25) is 0 Å². The number of hydrogen-bond donors (Lipinski definition) is 1. The normalized spacial score (nSPS) is 28.3. The van der Waals surface area contributed by atoms with Crippen molar-refractivity contribution in [1.82, 2.24) is 9.97 Å². The van der Waals surface area contributed by atoms with Crippen LogP contribution >= 0.6 is 0 Å². The molecule has 1 aromatic rings. The first kappa shape index (κ1) is 13.4. The number of nitrogens with zero attached hydrogens (tertiary/aromatic N) is 2. The van der Waals surface area contributed by atoms with E-state index in [1.165, 1.54) is 12.8 Å². The van der Waals surface area contributed by atoms with Crippen LogP contribution in [0.1, 0.15) is 49.7 Å². The molecule has 4 heteroatoms. The molecule has 100 valence electrons. The maximum absolute atomic E-state index is 5.79. The number of methoxy groups -OCH3 is 1. The number of nitrogens with two attached hydrogens (primary N) is 1. The van der Waals surface area contributed by atoms with Crippen LogP contribution in [-0.4, -0.2) is 17.1 Å². The lowest BCUT2D eigenvalue weighted by Gasteiger charge is -2.37. The number of aryl methyl sites for hydroxylation is 1. The average Bonchev–Trinajstić information content (AvgIpc) is 2.40. The van der Waals surface area contributed by atoms with Gasteiger partial charge in [-0.05, 0) is 38.5 Å². The SMILES string of the molecule is COC1(c2ncc(CN)c(C)n2)CCC(C)CC1. The number of ether oxygens (including phenoxy) is 1. The second kappa shape index (κ2) is 5.33. The first-order valence-electron chi connectivity index (χ1n) is 6.69. The molecule has 1 fully saturated rings. The third-order valence-corrected chi connectivity index (χ3v) is 4.18. The van der Waals surface area contributed by atoms with Crippen LogP contribution in [0.2, 0.25) is 0 Å². The molecule has 0 spiro atoms. The first-order valence-corrected chi connectivity index (χ1v) is 6.69. The summed E-state index contributed by atoms with van der Waals surface area (Å²) < 4.78 is 5.79. The molecule has 1 heterocycles. The maximum atomic E-state index is 5.79. The van der Waals surface area contributed by atoms with E-state index in [0.29, 0.717) is 6.54 Å². The molecule has 2 rings (SSSR count). The van der Waals surface area contributed by atoms with Gasteiger partial charge < -0.3 is 10.5 Å². The predicted octanol–water partition coefficient (Wildman–Crippen LogP) is 2.30. The van der Waals surface area contributed by atoms with E-state index in [-0.39, 0.29) is 5.60 Å². The van der Waals surface area contributed by atoms with E-state index < -0.39 is 0 Å². The van der Waals surface area contributed by atoms with Gasteiger partial charge in [0.1, 0.15) is 5.60 Å². The summed E-state index contributed by atoms with van der Waals surface area (Å²) in [5, 5.41) is 0. The Labute approximate surface area is 109 Å². The van der Waals surface area contributed by atoms with Crippen LogP contribution in [0.3, 0.4) is 0 Å². The molecule has 0 radical (unpaired) electrons. The fourth-order valence-corrected chi connectivity index (χ4v) is 2.66. The zero-order valence-electron chi connectivity index (χ0n) is 11.6. The lowest BCUT2D eigenvalue weighted by atomic mass is 9.79. The van der Waals surface area contributed by atoms with Crippen molar-refractivity contribution in [2.45, 2.75) is 51.7 Å². The van der Waals surface area contributed by atoms with Crippen molar-refractivity contribution < 1.29 is 4.74 Å². The topological polar surface area (TPSA) is 61.0 Å². The Morgan fingerprint density at radius 1 is 1.44 bits per heavy atom. The molecular formula is C14H23N3O. The minimum atomic E-state index is -0.287. The van der Waals surface area contributed by atoms with Crippen LogP contribution in [0.5, 0.6) is 0 Å². The molecule has 2 N–H and O–H groups in total. The smallest absolute Gasteiger partial charge is 0.160 e. The maximum Gasteiger partial charge on any atom is 0.160 e. The third-order valence-electron chi connectivity index (χ3n) is 4.18. The largest absolute Gasteiger partial charge is 0.370 e. The summed E-state index contributed by atoms with van der Waals surface area (Å²) in [6.45, 7) is 4.77. The predicted molar refractivity (Wildman–Crippen MR) is 71.0 cm³/mol. The summed E-state index contributed by atoms with van der Waals surface area (Å²) in [7, 11) is 1.77. The van der Waals surface area contributed by atoms with E-state index in [4.69, 9.17) is 10.5 Å². The second-order valence-corrected chi connectivity index (χ2v) is 5.39. The van der Waals surface area contributed by atoms with E-state index in [9.17, 15) is 0 Å². The molecule has 1 aliphatic rings. The fraction of sp³-hybridized carbons (Fsp3) is 0.714. The molecule has 0 atom stereocenters. The van der Waals surface area contributed by atoms with Gasteiger partial charge in [-0.15, -0.1) is 0 Å². The quantitative estimate of drug-likeness (QED) is 0.893. The number of rotatable bonds is 3. The summed E-state index contributed by atoms with van der Waals surface area (Å²) >= 11 is 0. The minimum absolute atomic E-state index is 0.287. The molecule has 0 bridgehead atoms. The lowest BCUT2D eigenvalue weighted by molar-refractivity contribution is -0.0598. The highest BCUT2D eigenvalue weighted by molar-refractivity contribution is 5.18. The van der Waals surface area contributed by atoms with Crippen LogP contribution in [0.4, 0.5) is 0 Å². The summed E-state index contributed by atoms with van der Waals surface area (Å²) in [5.41, 5.74) is 7.34. The van der Waals surface area contributed by atoms with Crippen molar-refractivity contribution >= 4 is 0 Å². The van der Waals surface area contributed by atoms with Crippen molar-refractivity contribution in [3.05, 3.63) is 23.3 Å². The molecule has 0 aliphatic heterocycles. The van der Waals surface area contributed by atoms with Crippen molar-refractivity contribution in [3.63, 3.8) is 0 Å². The number of hydrogen-bond acceptors (Lipinski definition) is 4. The molecule has 0 aromatic carbocycles. The molecule has 18 heavy (non-hydrogen) atoms. The monoisotopic (exact) mass is 249 g/mol. The van der Waals surface area contributed by atoms with Crippen molar-refractivity contribution in [2.24, 2.45) is 11.7 Å². The Morgan fingerprint density at radius 3 is 2.61 bits per heavy atom. The summed E-state index contributed by atoms with van der Waals surface area (Å²) in [6, 6.07) is 0. The standard InChI is InChI=1S/C14H23N3O/c1-10-4-6-14(18-3,7-5-10)13-16-9-12(8-15)11(2)17-13/h9-10H,4-8,15H2,1-3H3. The zero-order valence-corrected chi connectivity index (χ0v) is 11.6. The molecule has 0 unspecified atom stereocenters. The Morgan fingerprint density at radius 2 is 2.11 bits per heavy atom. The van der Waals surface area contributed by atoms with Gasteiger partial charge in [0.05, 0.1) is 0 Å². The van der Waals surface area contributed by atoms with E-state index in [0.717, 1.165) is 35.8 Å². The van der Waals surface area contributed by atoms with Gasteiger partial charge in [0, 0.05) is 31.1 Å². The molecule has 0 amide bonds. The van der Waals surface area contributed by atoms with Gasteiger partial charge in [-0.25, -0.2) is 9.97 Å². The molecule has 4 nitrogen and oxygen atoms in total. The highest BCUT2D eigenvalue weighted by Crippen LogP contribution is 2.40. The Kier molecular flexibility index (Phi) is 3.97. The Hall–Kier alpha value is -1.00. The fourth-order valence-electron chi connectivity index (χ4n) is 2.66. The summed E-state index contributed by atoms with van der Waals surface area (Å²) in [4.78, 5) is 9.11. The first-order chi connectivity index (χ1) is 8.61. The van der Waals surface area contributed by atoms with Gasteiger partial charge in [-0.2, -0.15) is 0 Å². The second-order valence-electron chi connectivity index (χ2n) is 5.39. The van der Waals surface area contributed by atoms with E-state index in [1.54, 1.807) is 7.11 Å². The minimum Gasteiger partial charge on any atom is -0.370 e. The van der Waals surface area contributed by atoms with Crippen LogP contribution < -0.4 is 5.73 Å². The van der Waals surface area contributed by atoms with Gasteiger partial charge in [-0.3, -0.25) is 0 Å². The van der Waals surface area contributed by atoms with Crippen molar-refractivity contribution in [3.8, 4) is 0 Å². The van der Waals surface area contributed by atoms with Crippen molar-refractivity contribution in [2.75, 3.05) is 7.11 Å². The van der Waals surface area contributed by atoms with Gasteiger partial charge in [0.15, 0.2) is 5.82 Å². The van der Waals surface area contributed by atoms with Gasteiger partial charge >= 0.3 is 0 Å². The van der Waals surface area contributed by atoms with Crippen LogP contribution in [-0.2, 0) is 16.9 Å². The van der Waals surface area contributed by atoms with Crippen LogP contribution in [0, 0.1) is 12.8 Å².